The average molecular weight is 244 g/mol. The summed E-state index contributed by atoms with van der Waals surface area (Å²) in [5.41, 5.74) is 0.765. The average Bonchev–Trinajstić information content (AvgIpc) is 2.41. The Hall–Kier alpha value is 0.640. The maximum Gasteiger partial charge on any atom is 0.148 e. The minimum absolute atomic E-state index is 0.174. The second-order valence-electron chi connectivity index (χ2n) is 3.13. The molecule has 66 valence electrons. The first-order valence-corrected chi connectivity index (χ1v) is 5.16. The van der Waals surface area contributed by atoms with Crippen LogP contribution in [0.15, 0.2) is 22.2 Å². The van der Waals surface area contributed by atoms with E-state index in [9.17, 15) is 0 Å². The van der Waals surface area contributed by atoms with Crippen molar-refractivity contribution in [2.24, 2.45) is 11.8 Å². The lowest BCUT2D eigenvalue weighted by atomic mass is 10.0. The SMILES string of the molecule is ClC(Cl)=C1C2C=CC(C2)C1(Cl)Cl. The molecule has 0 aliphatic heterocycles. The van der Waals surface area contributed by atoms with E-state index in [4.69, 9.17) is 46.4 Å². The molecule has 12 heavy (non-hydrogen) atoms. The van der Waals surface area contributed by atoms with Gasteiger partial charge in [0, 0.05) is 17.4 Å². The molecule has 0 nitrogen and oxygen atoms in total. The minimum atomic E-state index is -0.877. The number of fused-ring (bicyclic) bond motifs is 2. The molecule has 0 aromatic rings. The van der Waals surface area contributed by atoms with E-state index in [-0.39, 0.29) is 16.3 Å². The summed E-state index contributed by atoms with van der Waals surface area (Å²) in [6.07, 6.45) is 5.03. The summed E-state index contributed by atoms with van der Waals surface area (Å²) >= 11 is 23.6. The van der Waals surface area contributed by atoms with Gasteiger partial charge in [0.2, 0.25) is 0 Å². The van der Waals surface area contributed by atoms with Crippen molar-refractivity contribution in [2.45, 2.75) is 10.8 Å². The third-order valence-corrected chi connectivity index (χ3v) is 3.86. The Labute approximate surface area is 91.1 Å². The highest BCUT2D eigenvalue weighted by Gasteiger charge is 2.51. The molecule has 0 saturated heterocycles. The molecule has 0 amide bonds. The first-order chi connectivity index (χ1) is 5.53. The quantitative estimate of drug-likeness (QED) is 0.445. The van der Waals surface area contributed by atoms with Gasteiger partial charge in [-0.15, -0.1) is 0 Å². The van der Waals surface area contributed by atoms with Gasteiger partial charge in [0.25, 0.3) is 0 Å². The first kappa shape index (κ1) is 9.21. The van der Waals surface area contributed by atoms with Crippen molar-refractivity contribution < 1.29 is 0 Å². The third kappa shape index (κ3) is 1.13. The van der Waals surface area contributed by atoms with Crippen LogP contribution < -0.4 is 0 Å². The van der Waals surface area contributed by atoms with Gasteiger partial charge in [0.05, 0.1) is 0 Å². The number of hydrogen-bond acceptors (Lipinski definition) is 0. The molecule has 2 bridgehead atoms. The lowest BCUT2D eigenvalue weighted by Crippen LogP contribution is -2.22. The zero-order valence-electron chi connectivity index (χ0n) is 6.03. The number of hydrogen-bond donors (Lipinski definition) is 0. The van der Waals surface area contributed by atoms with E-state index in [2.05, 4.69) is 6.08 Å². The zero-order valence-corrected chi connectivity index (χ0v) is 9.05. The summed E-state index contributed by atoms with van der Waals surface area (Å²) in [6, 6.07) is 0. The van der Waals surface area contributed by atoms with Gasteiger partial charge < -0.3 is 0 Å². The number of allylic oxidation sites excluding steroid dienone is 3. The van der Waals surface area contributed by atoms with Crippen LogP contribution in [0, 0.1) is 11.8 Å². The number of rotatable bonds is 0. The van der Waals surface area contributed by atoms with Crippen molar-refractivity contribution in [1.82, 2.24) is 0 Å². The van der Waals surface area contributed by atoms with Crippen LogP contribution in [0.25, 0.3) is 0 Å². The van der Waals surface area contributed by atoms with Gasteiger partial charge in [-0.25, -0.2) is 0 Å². The molecule has 1 fully saturated rings. The van der Waals surface area contributed by atoms with Gasteiger partial charge in [-0.1, -0.05) is 58.6 Å². The molecule has 0 radical (unpaired) electrons. The normalized spacial score (nSPS) is 36.2. The van der Waals surface area contributed by atoms with E-state index in [1.54, 1.807) is 0 Å². The standard InChI is InChI=1S/C8H6Cl4/c9-7(10)6-4-1-2-5(3-4)8(6,11)12/h1-2,4-5H,3H2. The van der Waals surface area contributed by atoms with Crippen molar-refractivity contribution >= 4 is 46.4 Å². The lowest BCUT2D eigenvalue weighted by molar-refractivity contribution is 0.670. The van der Waals surface area contributed by atoms with Crippen LogP contribution in [0.3, 0.4) is 0 Å². The Morgan fingerprint density at radius 2 is 2.00 bits per heavy atom. The second kappa shape index (κ2) is 2.81. The predicted octanol–water partition coefficient (Wildman–Crippen LogP) is 4.06. The molecule has 2 aliphatic rings. The van der Waals surface area contributed by atoms with Crippen molar-refractivity contribution in [2.75, 3.05) is 0 Å². The molecule has 0 aromatic heterocycles. The minimum Gasteiger partial charge on any atom is -0.0959 e. The van der Waals surface area contributed by atoms with Gasteiger partial charge in [0.15, 0.2) is 0 Å². The molecular weight excluding hydrogens is 238 g/mol. The topological polar surface area (TPSA) is 0 Å². The monoisotopic (exact) mass is 242 g/mol. The Morgan fingerprint density at radius 3 is 2.33 bits per heavy atom. The Bertz CT molecular complexity index is 273. The fraction of sp³-hybridized carbons (Fsp3) is 0.500. The summed E-state index contributed by atoms with van der Waals surface area (Å²) in [5, 5.41) is 0. The highest BCUT2D eigenvalue weighted by molar-refractivity contribution is 6.59. The number of alkyl halides is 2. The molecule has 0 N–H and O–H groups in total. The van der Waals surface area contributed by atoms with E-state index in [1.165, 1.54) is 0 Å². The van der Waals surface area contributed by atoms with E-state index in [0.717, 1.165) is 12.0 Å². The molecule has 2 aliphatic carbocycles. The zero-order chi connectivity index (χ0) is 8.93. The van der Waals surface area contributed by atoms with Gasteiger partial charge in [-0.2, -0.15) is 0 Å². The van der Waals surface area contributed by atoms with Crippen LogP contribution in [0.1, 0.15) is 6.42 Å². The van der Waals surface area contributed by atoms with Crippen molar-refractivity contribution in [1.29, 1.82) is 0 Å². The second-order valence-corrected chi connectivity index (χ2v) is 5.47. The summed E-state index contributed by atoms with van der Waals surface area (Å²) < 4.78 is -0.657. The largest absolute Gasteiger partial charge is 0.148 e. The van der Waals surface area contributed by atoms with E-state index >= 15 is 0 Å². The van der Waals surface area contributed by atoms with Crippen molar-refractivity contribution in [3.63, 3.8) is 0 Å². The smallest absolute Gasteiger partial charge is 0.0959 e. The van der Waals surface area contributed by atoms with Crippen LogP contribution in [0.2, 0.25) is 0 Å². The van der Waals surface area contributed by atoms with Crippen LogP contribution in [0.5, 0.6) is 0 Å². The van der Waals surface area contributed by atoms with E-state index in [0.29, 0.717) is 0 Å². The fourth-order valence-corrected chi connectivity index (χ4v) is 3.46. The van der Waals surface area contributed by atoms with Crippen LogP contribution in [0.4, 0.5) is 0 Å². The summed E-state index contributed by atoms with van der Waals surface area (Å²) in [6.45, 7) is 0. The predicted molar refractivity (Wildman–Crippen MR) is 53.9 cm³/mol. The maximum absolute atomic E-state index is 6.11. The fourth-order valence-electron chi connectivity index (χ4n) is 1.89. The van der Waals surface area contributed by atoms with Crippen molar-refractivity contribution in [3.8, 4) is 0 Å². The summed E-state index contributed by atoms with van der Waals surface area (Å²) in [4.78, 5) is 0. The molecular formula is C8H6Cl4. The molecule has 0 spiro atoms. The lowest BCUT2D eigenvalue weighted by Gasteiger charge is -2.24. The third-order valence-electron chi connectivity index (χ3n) is 2.48. The van der Waals surface area contributed by atoms with E-state index < -0.39 is 4.33 Å². The van der Waals surface area contributed by atoms with Crippen molar-refractivity contribution in [3.05, 3.63) is 22.2 Å². The summed E-state index contributed by atoms with van der Waals surface area (Å²) in [7, 11) is 0. The molecule has 2 rings (SSSR count). The van der Waals surface area contributed by atoms with Crippen LogP contribution in [-0.2, 0) is 0 Å². The summed E-state index contributed by atoms with van der Waals surface area (Å²) in [5.74, 6) is 0.420. The number of halogens is 4. The molecule has 2 atom stereocenters. The Balaban J connectivity index is 2.50. The Kier molecular flexibility index (Phi) is 2.16. The van der Waals surface area contributed by atoms with Gasteiger partial charge in [0.1, 0.15) is 8.82 Å². The molecule has 1 saturated carbocycles. The molecule has 0 aromatic carbocycles. The highest BCUT2D eigenvalue weighted by Crippen LogP contribution is 2.58. The van der Waals surface area contributed by atoms with Gasteiger partial charge in [-0.05, 0) is 6.42 Å². The highest BCUT2D eigenvalue weighted by atomic mass is 35.5. The van der Waals surface area contributed by atoms with Crippen LogP contribution in [-0.4, -0.2) is 4.33 Å². The van der Waals surface area contributed by atoms with Gasteiger partial charge in [-0.3, -0.25) is 0 Å². The van der Waals surface area contributed by atoms with Gasteiger partial charge >= 0.3 is 0 Å². The molecule has 0 heterocycles. The Morgan fingerprint density at radius 1 is 1.33 bits per heavy atom. The molecule has 2 unspecified atom stereocenters. The molecule has 4 heteroatoms. The first-order valence-electron chi connectivity index (χ1n) is 3.65. The maximum atomic E-state index is 6.11. The van der Waals surface area contributed by atoms with Crippen LogP contribution >= 0.6 is 46.4 Å². The van der Waals surface area contributed by atoms with E-state index in [1.807, 2.05) is 6.08 Å².